The molecule has 0 atom stereocenters. The number of rotatable bonds is 6. The van der Waals surface area contributed by atoms with Crippen molar-refractivity contribution in [3.05, 3.63) is 63.8 Å². The normalized spacial score (nSPS) is 13.7. The maximum atomic E-state index is 12.1. The van der Waals surface area contributed by atoms with Gasteiger partial charge in [-0.1, -0.05) is 24.3 Å². The molecule has 25 heavy (non-hydrogen) atoms. The second kappa shape index (κ2) is 7.74. The first-order valence-electron chi connectivity index (χ1n) is 8.32. The minimum absolute atomic E-state index is 0.0174. The topological polar surface area (TPSA) is 88.4 Å². The Hall–Kier alpha value is -2.96. The standard InChI is InChI=1S/C18H20N4O3/c23-18(11-15-5-1-2-6-16(15)22(24)25)20-13-14-7-8-17(19-12-14)21-9-3-4-10-21/h1-2,5-8,12H,3-4,9-11,13H2,(H,20,23). The summed E-state index contributed by atoms with van der Waals surface area (Å²) in [5.41, 5.74) is 1.28. The number of amides is 1. The van der Waals surface area contributed by atoms with E-state index in [4.69, 9.17) is 0 Å². The van der Waals surface area contributed by atoms with Crippen LogP contribution in [0.4, 0.5) is 11.5 Å². The van der Waals surface area contributed by atoms with Crippen LogP contribution >= 0.6 is 0 Å². The third kappa shape index (κ3) is 4.32. The van der Waals surface area contributed by atoms with E-state index in [0.29, 0.717) is 12.1 Å². The van der Waals surface area contributed by atoms with Crippen LogP contribution in [0.5, 0.6) is 0 Å². The van der Waals surface area contributed by atoms with Crippen molar-refractivity contribution in [1.82, 2.24) is 10.3 Å². The minimum Gasteiger partial charge on any atom is -0.357 e. The zero-order chi connectivity index (χ0) is 17.6. The summed E-state index contributed by atoms with van der Waals surface area (Å²) >= 11 is 0. The molecule has 1 aromatic carbocycles. The molecule has 0 unspecified atom stereocenters. The fraction of sp³-hybridized carbons (Fsp3) is 0.333. The molecule has 1 N–H and O–H groups in total. The maximum Gasteiger partial charge on any atom is 0.273 e. The highest BCUT2D eigenvalue weighted by Crippen LogP contribution is 2.19. The van der Waals surface area contributed by atoms with Gasteiger partial charge in [-0.3, -0.25) is 14.9 Å². The van der Waals surface area contributed by atoms with E-state index in [1.807, 2.05) is 12.1 Å². The second-order valence-corrected chi connectivity index (χ2v) is 6.06. The van der Waals surface area contributed by atoms with Gasteiger partial charge in [0.25, 0.3) is 5.69 Å². The van der Waals surface area contributed by atoms with Gasteiger partial charge in [-0.05, 0) is 24.5 Å². The van der Waals surface area contributed by atoms with Crippen molar-refractivity contribution in [2.75, 3.05) is 18.0 Å². The lowest BCUT2D eigenvalue weighted by molar-refractivity contribution is -0.385. The monoisotopic (exact) mass is 340 g/mol. The number of para-hydroxylation sites is 1. The Labute approximate surface area is 145 Å². The highest BCUT2D eigenvalue weighted by atomic mass is 16.6. The summed E-state index contributed by atoms with van der Waals surface area (Å²) in [6.07, 6.45) is 4.14. The zero-order valence-electron chi connectivity index (χ0n) is 13.9. The van der Waals surface area contributed by atoms with Gasteiger partial charge in [-0.2, -0.15) is 0 Å². The van der Waals surface area contributed by atoms with E-state index in [9.17, 15) is 14.9 Å². The molecular formula is C18H20N4O3. The van der Waals surface area contributed by atoms with Crippen molar-refractivity contribution < 1.29 is 9.72 Å². The largest absolute Gasteiger partial charge is 0.357 e. The average molecular weight is 340 g/mol. The number of carbonyl (C=O) groups excluding carboxylic acids is 1. The van der Waals surface area contributed by atoms with Crippen molar-refractivity contribution in [3.63, 3.8) is 0 Å². The van der Waals surface area contributed by atoms with E-state index in [2.05, 4.69) is 15.2 Å². The first-order valence-corrected chi connectivity index (χ1v) is 8.32. The molecule has 1 aliphatic rings. The zero-order valence-corrected chi connectivity index (χ0v) is 13.9. The number of nitrogens with one attached hydrogen (secondary N) is 1. The molecule has 1 amide bonds. The summed E-state index contributed by atoms with van der Waals surface area (Å²) in [5, 5.41) is 13.8. The van der Waals surface area contributed by atoms with Gasteiger partial charge >= 0.3 is 0 Å². The molecule has 2 aromatic rings. The second-order valence-electron chi connectivity index (χ2n) is 6.06. The summed E-state index contributed by atoms with van der Waals surface area (Å²) in [6, 6.07) is 10.2. The van der Waals surface area contributed by atoms with Gasteiger partial charge in [0.05, 0.1) is 11.3 Å². The number of benzene rings is 1. The molecule has 1 aromatic heterocycles. The molecule has 1 saturated heterocycles. The molecule has 3 rings (SSSR count). The van der Waals surface area contributed by atoms with Gasteiger partial charge in [-0.25, -0.2) is 4.98 Å². The summed E-state index contributed by atoms with van der Waals surface area (Å²) in [4.78, 5) is 29.3. The van der Waals surface area contributed by atoms with Gasteiger partial charge in [0.2, 0.25) is 5.91 Å². The molecule has 1 fully saturated rings. The van der Waals surface area contributed by atoms with E-state index < -0.39 is 4.92 Å². The van der Waals surface area contributed by atoms with Crippen molar-refractivity contribution >= 4 is 17.4 Å². The Bertz CT molecular complexity index is 755. The van der Waals surface area contributed by atoms with E-state index in [1.54, 1.807) is 24.4 Å². The van der Waals surface area contributed by atoms with E-state index >= 15 is 0 Å². The molecule has 130 valence electrons. The van der Waals surface area contributed by atoms with Crippen molar-refractivity contribution in [3.8, 4) is 0 Å². The lowest BCUT2D eigenvalue weighted by Gasteiger charge is -2.16. The van der Waals surface area contributed by atoms with Gasteiger partial charge in [0, 0.05) is 37.5 Å². The van der Waals surface area contributed by atoms with E-state index in [-0.39, 0.29) is 18.0 Å². The van der Waals surface area contributed by atoms with Gasteiger partial charge in [-0.15, -0.1) is 0 Å². The molecule has 0 spiro atoms. The van der Waals surface area contributed by atoms with Crippen LogP contribution in [0.3, 0.4) is 0 Å². The summed E-state index contributed by atoms with van der Waals surface area (Å²) in [5.74, 6) is 0.713. The smallest absolute Gasteiger partial charge is 0.273 e. The van der Waals surface area contributed by atoms with Gasteiger partial charge in [0.1, 0.15) is 5.82 Å². The minimum atomic E-state index is -0.469. The van der Waals surface area contributed by atoms with Crippen LogP contribution in [-0.4, -0.2) is 28.9 Å². The number of pyridine rings is 1. The fourth-order valence-corrected chi connectivity index (χ4v) is 2.93. The highest BCUT2D eigenvalue weighted by molar-refractivity contribution is 5.79. The Kier molecular flexibility index (Phi) is 5.23. The number of carbonyl (C=O) groups is 1. The third-order valence-corrected chi connectivity index (χ3v) is 4.27. The van der Waals surface area contributed by atoms with Crippen LogP contribution in [-0.2, 0) is 17.8 Å². The van der Waals surface area contributed by atoms with Crippen LogP contribution in [0, 0.1) is 10.1 Å². The molecule has 1 aliphatic heterocycles. The number of nitrogens with zero attached hydrogens (tertiary/aromatic N) is 3. The van der Waals surface area contributed by atoms with Crippen LogP contribution in [0.25, 0.3) is 0 Å². The Balaban J connectivity index is 1.55. The molecule has 7 heteroatoms. The molecular weight excluding hydrogens is 320 g/mol. The first kappa shape index (κ1) is 16.9. The van der Waals surface area contributed by atoms with Crippen LogP contribution < -0.4 is 10.2 Å². The van der Waals surface area contributed by atoms with E-state index in [1.165, 1.54) is 18.9 Å². The lowest BCUT2D eigenvalue weighted by atomic mass is 10.1. The quantitative estimate of drug-likeness (QED) is 0.644. The van der Waals surface area contributed by atoms with Crippen molar-refractivity contribution in [1.29, 1.82) is 0 Å². The van der Waals surface area contributed by atoms with Crippen LogP contribution in [0.15, 0.2) is 42.6 Å². The molecule has 0 saturated carbocycles. The number of hydrogen-bond donors (Lipinski definition) is 1. The molecule has 7 nitrogen and oxygen atoms in total. The number of nitro groups is 1. The summed E-state index contributed by atoms with van der Waals surface area (Å²) < 4.78 is 0. The SMILES string of the molecule is O=C(Cc1ccccc1[N+](=O)[O-])NCc1ccc(N2CCCC2)nc1. The molecule has 0 radical (unpaired) electrons. The predicted molar refractivity (Wildman–Crippen MR) is 94.3 cm³/mol. The van der Waals surface area contributed by atoms with Crippen LogP contribution in [0.2, 0.25) is 0 Å². The van der Waals surface area contributed by atoms with E-state index in [0.717, 1.165) is 24.5 Å². The summed E-state index contributed by atoms with van der Waals surface area (Å²) in [6.45, 7) is 2.44. The molecule has 2 heterocycles. The third-order valence-electron chi connectivity index (χ3n) is 4.27. The average Bonchev–Trinajstić information content (AvgIpc) is 3.15. The first-order chi connectivity index (χ1) is 12.1. The Morgan fingerprint density at radius 3 is 2.64 bits per heavy atom. The van der Waals surface area contributed by atoms with Crippen molar-refractivity contribution in [2.24, 2.45) is 0 Å². The summed E-state index contributed by atoms with van der Waals surface area (Å²) in [7, 11) is 0. The molecule has 0 bridgehead atoms. The van der Waals surface area contributed by atoms with Crippen molar-refractivity contribution in [2.45, 2.75) is 25.8 Å². The van der Waals surface area contributed by atoms with Gasteiger partial charge < -0.3 is 10.2 Å². The number of anilines is 1. The van der Waals surface area contributed by atoms with Gasteiger partial charge in [0.15, 0.2) is 0 Å². The maximum absolute atomic E-state index is 12.1. The number of hydrogen-bond acceptors (Lipinski definition) is 5. The number of nitro benzene ring substituents is 1. The Morgan fingerprint density at radius 1 is 1.20 bits per heavy atom. The Morgan fingerprint density at radius 2 is 1.96 bits per heavy atom. The lowest BCUT2D eigenvalue weighted by Crippen LogP contribution is -2.25. The predicted octanol–water partition coefficient (Wildman–Crippen LogP) is 2.45. The number of aromatic nitrogens is 1. The fourth-order valence-electron chi connectivity index (χ4n) is 2.93. The highest BCUT2D eigenvalue weighted by Gasteiger charge is 2.16. The van der Waals surface area contributed by atoms with Crippen LogP contribution in [0.1, 0.15) is 24.0 Å². The molecule has 0 aliphatic carbocycles.